The molecule has 1 fully saturated rings. The molecule has 0 saturated carbocycles. The molecule has 1 N–H and O–H groups in total. The number of ether oxygens (including phenoxy) is 2. The molecule has 0 aromatic carbocycles. The largest absolute Gasteiger partial charge is 0.496 e. The Morgan fingerprint density at radius 3 is 2.80 bits per heavy atom. The Labute approximate surface area is 121 Å². The highest BCUT2D eigenvalue weighted by molar-refractivity contribution is 5.40. The van der Waals surface area contributed by atoms with Gasteiger partial charge >= 0.3 is 0 Å². The van der Waals surface area contributed by atoms with E-state index in [4.69, 9.17) is 9.47 Å². The van der Waals surface area contributed by atoms with Crippen molar-refractivity contribution >= 4 is 0 Å². The van der Waals surface area contributed by atoms with Crippen molar-refractivity contribution in [3.8, 4) is 5.75 Å². The number of aromatic nitrogens is 1. The first kappa shape index (κ1) is 15.2. The van der Waals surface area contributed by atoms with Gasteiger partial charge in [-0.15, -0.1) is 0 Å². The third-order valence-electron chi connectivity index (χ3n) is 3.75. The molecule has 0 radical (unpaired) electrons. The molecule has 5 heteroatoms. The summed E-state index contributed by atoms with van der Waals surface area (Å²) in [6, 6.07) is 0. The van der Waals surface area contributed by atoms with Crippen LogP contribution in [0.5, 0.6) is 5.75 Å². The quantitative estimate of drug-likeness (QED) is 0.791. The molecule has 1 aliphatic rings. The van der Waals surface area contributed by atoms with E-state index in [2.05, 4.69) is 22.1 Å². The Balaban J connectivity index is 1.79. The molecule has 0 amide bonds. The Morgan fingerprint density at radius 1 is 1.35 bits per heavy atom. The third kappa shape index (κ3) is 3.91. The first-order valence-electron chi connectivity index (χ1n) is 7.22. The number of pyridine rings is 1. The zero-order chi connectivity index (χ0) is 14.4. The molecule has 0 atom stereocenters. The average Bonchev–Trinajstić information content (AvgIpc) is 2.47. The van der Waals surface area contributed by atoms with Crippen molar-refractivity contribution in [2.45, 2.75) is 20.4 Å². The number of rotatable bonds is 6. The van der Waals surface area contributed by atoms with E-state index >= 15 is 0 Å². The van der Waals surface area contributed by atoms with E-state index in [1.165, 1.54) is 0 Å². The number of nitrogens with zero attached hydrogens (tertiary/aromatic N) is 2. The van der Waals surface area contributed by atoms with Gasteiger partial charge in [0.05, 0.1) is 26.0 Å². The summed E-state index contributed by atoms with van der Waals surface area (Å²) in [7, 11) is 1.71. The van der Waals surface area contributed by atoms with Crippen LogP contribution in [0.3, 0.4) is 0 Å². The molecule has 1 saturated heterocycles. The van der Waals surface area contributed by atoms with Gasteiger partial charge in [-0.1, -0.05) is 0 Å². The van der Waals surface area contributed by atoms with E-state index in [1.807, 2.05) is 13.1 Å². The first-order valence-corrected chi connectivity index (χ1v) is 7.22. The number of hydrogen-bond donors (Lipinski definition) is 1. The zero-order valence-electron chi connectivity index (χ0n) is 12.7. The SMILES string of the molecule is COc1c(C)cnc(CNCCN2CCOCC2)c1C. The van der Waals surface area contributed by atoms with Crippen LogP contribution in [0.25, 0.3) is 0 Å². The number of aryl methyl sites for hydroxylation is 1. The van der Waals surface area contributed by atoms with Crippen LogP contribution in [0, 0.1) is 13.8 Å². The van der Waals surface area contributed by atoms with Crippen molar-refractivity contribution in [1.82, 2.24) is 15.2 Å². The van der Waals surface area contributed by atoms with Crippen LogP contribution < -0.4 is 10.1 Å². The van der Waals surface area contributed by atoms with Crippen LogP contribution in [0.4, 0.5) is 0 Å². The maximum absolute atomic E-state index is 5.43. The van der Waals surface area contributed by atoms with Gasteiger partial charge < -0.3 is 14.8 Å². The highest BCUT2D eigenvalue weighted by Gasteiger charge is 2.11. The molecule has 1 aromatic rings. The lowest BCUT2D eigenvalue weighted by atomic mass is 10.1. The molecule has 2 rings (SSSR count). The molecule has 20 heavy (non-hydrogen) atoms. The molecule has 0 spiro atoms. The van der Waals surface area contributed by atoms with E-state index < -0.39 is 0 Å². The van der Waals surface area contributed by atoms with Crippen LogP contribution in [-0.2, 0) is 11.3 Å². The third-order valence-corrected chi connectivity index (χ3v) is 3.75. The Kier molecular flexibility index (Phi) is 5.76. The monoisotopic (exact) mass is 279 g/mol. The van der Waals surface area contributed by atoms with Gasteiger partial charge in [-0.2, -0.15) is 0 Å². The average molecular weight is 279 g/mol. The number of nitrogens with one attached hydrogen (secondary N) is 1. The molecule has 1 aliphatic heterocycles. The Morgan fingerprint density at radius 2 is 2.10 bits per heavy atom. The second kappa shape index (κ2) is 7.57. The standard InChI is InChI=1S/C15H25N3O2/c1-12-10-17-14(13(2)15(12)19-3)11-16-4-5-18-6-8-20-9-7-18/h10,16H,4-9,11H2,1-3H3. The van der Waals surface area contributed by atoms with Crippen LogP contribution in [-0.4, -0.2) is 56.4 Å². The fourth-order valence-electron chi connectivity index (χ4n) is 2.52. The smallest absolute Gasteiger partial charge is 0.128 e. The molecular weight excluding hydrogens is 254 g/mol. The van der Waals surface area contributed by atoms with Crippen molar-refractivity contribution in [1.29, 1.82) is 0 Å². The van der Waals surface area contributed by atoms with Crippen molar-refractivity contribution < 1.29 is 9.47 Å². The summed E-state index contributed by atoms with van der Waals surface area (Å²) < 4.78 is 10.8. The summed E-state index contributed by atoms with van der Waals surface area (Å²) in [5.74, 6) is 0.949. The molecule has 0 bridgehead atoms. The Hall–Kier alpha value is -1.17. The summed E-state index contributed by atoms with van der Waals surface area (Å²) >= 11 is 0. The number of morpholine rings is 1. The maximum atomic E-state index is 5.43. The topological polar surface area (TPSA) is 46.6 Å². The highest BCUT2D eigenvalue weighted by atomic mass is 16.5. The van der Waals surface area contributed by atoms with Crippen molar-refractivity contribution in [3.05, 3.63) is 23.0 Å². The summed E-state index contributed by atoms with van der Waals surface area (Å²) in [6.07, 6.45) is 1.88. The molecule has 0 aliphatic carbocycles. The van der Waals surface area contributed by atoms with E-state index in [0.717, 1.165) is 68.5 Å². The fourth-order valence-corrected chi connectivity index (χ4v) is 2.52. The van der Waals surface area contributed by atoms with Gasteiger partial charge in [-0.25, -0.2) is 0 Å². The lowest BCUT2D eigenvalue weighted by Crippen LogP contribution is -2.40. The first-order chi connectivity index (χ1) is 9.72. The second-order valence-corrected chi connectivity index (χ2v) is 5.18. The normalized spacial score (nSPS) is 16.4. The van der Waals surface area contributed by atoms with E-state index in [0.29, 0.717) is 0 Å². The van der Waals surface area contributed by atoms with E-state index in [9.17, 15) is 0 Å². The molecular formula is C15H25N3O2. The second-order valence-electron chi connectivity index (χ2n) is 5.18. The van der Waals surface area contributed by atoms with Crippen LogP contribution >= 0.6 is 0 Å². The number of methoxy groups -OCH3 is 1. The van der Waals surface area contributed by atoms with Crippen molar-refractivity contribution in [3.63, 3.8) is 0 Å². The van der Waals surface area contributed by atoms with Crippen LogP contribution in [0.15, 0.2) is 6.20 Å². The summed E-state index contributed by atoms with van der Waals surface area (Å²) in [4.78, 5) is 6.92. The minimum atomic E-state index is 0.785. The Bertz CT molecular complexity index is 431. The van der Waals surface area contributed by atoms with E-state index in [1.54, 1.807) is 7.11 Å². The molecule has 1 aromatic heterocycles. The van der Waals surface area contributed by atoms with Gasteiger partial charge in [0.2, 0.25) is 0 Å². The molecule has 2 heterocycles. The minimum Gasteiger partial charge on any atom is -0.496 e. The van der Waals surface area contributed by atoms with Gasteiger partial charge in [-0.3, -0.25) is 9.88 Å². The van der Waals surface area contributed by atoms with Gasteiger partial charge in [0.1, 0.15) is 5.75 Å². The summed E-state index contributed by atoms with van der Waals surface area (Å²) in [6.45, 7) is 10.7. The lowest BCUT2D eigenvalue weighted by Gasteiger charge is -2.26. The predicted octanol–water partition coefficient (Wildman–Crippen LogP) is 1.13. The zero-order valence-corrected chi connectivity index (χ0v) is 12.7. The van der Waals surface area contributed by atoms with Gasteiger partial charge in [0.25, 0.3) is 0 Å². The minimum absolute atomic E-state index is 0.785. The van der Waals surface area contributed by atoms with E-state index in [-0.39, 0.29) is 0 Å². The van der Waals surface area contributed by atoms with Crippen molar-refractivity contribution in [2.75, 3.05) is 46.5 Å². The predicted molar refractivity (Wildman–Crippen MR) is 79.2 cm³/mol. The molecule has 112 valence electrons. The number of hydrogen-bond acceptors (Lipinski definition) is 5. The van der Waals surface area contributed by atoms with Gasteiger partial charge in [0.15, 0.2) is 0 Å². The fraction of sp³-hybridized carbons (Fsp3) is 0.667. The molecule has 5 nitrogen and oxygen atoms in total. The maximum Gasteiger partial charge on any atom is 0.128 e. The van der Waals surface area contributed by atoms with Crippen LogP contribution in [0.2, 0.25) is 0 Å². The van der Waals surface area contributed by atoms with Crippen LogP contribution in [0.1, 0.15) is 16.8 Å². The lowest BCUT2D eigenvalue weighted by molar-refractivity contribution is 0.0384. The van der Waals surface area contributed by atoms with Gasteiger partial charge in [-0.05, 0) is 13.8 Å². The van der Waals surface area contributed by atoms with Gasteiger partial charge in [0, 0.05) is 50.0 Å². The van der Waals surface area contributed by atoms with Crippen molar-refractivity contribution in [2.24, 2.45) is 0 Å². The summed E-state index contributed by atoms with van der Waals surface area (Å²) in [5.41, 5.74) is 3.28. The molecule has 0 unspecified atom stereocenters. The highest BCUT2D eigenvalue weighted by Crippen LogP contribution is 2.23. The summed E-state index contributed by atoms with van der Waals surface area (Å²) in [5, 5.41) is 3.46.